The molecule has 2 fully saturated rings. The second-order valence-corrected chi connectivity index (χ2v) is 9.20. The maximum atomic E-state index is 12.0. The Morgan fingerprint density at radius 2 is 2.00 bits per heavy atom. The van der Waals surface area contributed by atoms with Crippen molar-refractivity contribution in [3.8, 4) is 0 Å². The van der Waals surface area contributed by atoms with E-state index in [0.29, 0.717) is 18.4 Å². The van der Waals surface area contributed by atoms with Gasteiger partial charge < -0.3 is 9.84 Å². The third-order valence-electron chi connectivity index (χ3n) is 7.37. The number of esters is 1. The highest BCUT2D eigenvalue weighted by molar-refractivity contribution is 5.75. The first kappa shape index (κ1) is 21.0. The first-order valence-electron chi connectivity index (χ1n) is 10.2. The molecule has 0 aromatic rings. The number of fused-ring (bicyclic) bond motifs is 1. The summed E-state index contributed by atoms with van der Waals surface area (Å²) in [5.74, 6) is 0.267. The Labute approximate surface area is 158 Å². The van der Waals surface area contributed by atoms with E-state index < -0.39 is 11.4 Å². The summed E-state index contributed by atoms with van der Waals surface area (Å²) in [5.41, 5.74) is 0.744. The summed E-state index contributed by atoms with van der Waals surface area (Å²) >= 11 is 0. The van der Waals surface area contributed by atoms with E-state index >= 15 is 0 Å². The number of allylic oxidation sites excluding steroid dienone is 1. The maximum Gasteiger partial charge on any atom is 0.309 e. The van der Waals surface area contributed by atoms with Crippen molar-refractivity contribution in [3.63, 3.8) is 0 Å². The van der Waals surface area contributed by atoms with Crippen LogP contribution in [0.2, 0.25) is 0 Å². The van der Waals surface area contributed by atoms with E-state index in [0.717, 1.165) is 51.4 Å². The number of hydrogen-bond acceptors (Lipinski definition) is 3. The Morgan fingerprint density at radius 1 is 1.31 bits per heavy atom. The van der Waals surface area contributed by atoms with Crippen molar-refractivity contribution in [3.05, 3.63) is 12.2 Å². The molecule has 2 aliphatic carbocycles. The molecule has 148 valence electrons. The van der Waals surface area contributed by atoms with Crippen LogP contribution >= 0.6 is 0 Å². The zero-order valence-electron chi connectivity index (χ0n) is 17.0. The maximum absolute atomic E-state index is 12.0. The first-order chi connectivity index (χ1) is 12.1. The molecule has 1 unspecified atom stereocenters. The van der Waals surface area contributed by atoms with E-state index in [1.165, 1.54) is 12.5 Å². The largest absolute Gasteiger partial charge is 0.481 e. The minimum Gasteiger partial charge on any atom is -0.481 e. The predicted molar refractivity (Wildman–Crippen MR) is 103 cm³/mol. The van der Waals surface area contributed by atoms with Crippen molar-refractivity contribution in [2.45, 2.75) is 79.1 Å². The molecule has 0 aromatic carbocycles. The van der Waals surface area contributed by atoms with Crippen LogP contribution in [-0.2, 0) is 14.3 Å². The lowest BCUT2D eigenvalue weighted by Gasteiger charge is -2.57. The van der Waals surface area contributed by atoms with E-state index in [4.69, 9.17) is 4.74 Å². The van der Waals surface area contributed by atoms with Crippen molar-refractivity contribution in [1.82, 2.24) is 0 Å². The van der Waals surface area contributed by atoms with Crippen LogP contribution < -0.4 is 0 Å². The van der Waals surface area contributed by atoms with E-state index in [1.807, 2.05) is 6.92 Å². The summed E-state index contributed by atoms with van der Waals surface area (Å²) in [5, 5.41) is 9.90. The Bertz CT molecular complexity index is 554. The zero-order chi connectivity index (χ0) is 19.5. The van der Waals surface area contributed by atoms with Gasteiger partial charge in [0, 0.05) is 6.92 Å². The summed E-state index contributed by atoms with van der Waals surface area (Å²) in [7, 11) is 0. The Hall–Kier alpha value is -1.32. The second kappa shape index (κ2) is 8.14. The van der Waals surface area contributed by atoms with E-state index in [-0.39, 0.29) is 17.3 Å². The average Bonchev–Trinajstić information content (AvgIpc) is 2.53. The van der Waals surface area contributed by atoms with Gasteiger partial charge in [0.1, 0.15) is 0 Å². The molecule has 5 atom stereocenters. The Morgan fingerprint density at radius 3 is 2.62 bits per heavy atom. The second-order valence-electron chi connectivity index (χ2n) is 9.20. The van der Waals surface area contributed by atoms with Crippen molar-refractivity contribution < 1.29 is 19.4 Å². The highest BCUT2D eigenvalue weighted by Gasteiger charge is 2.57. The van der Waals surface area contributed by atoms with Crippen molar-refractivity contribution >= 4 is 11.9 Å². The van der Waals surface area contributed by atoms with Crippen LogP contribution in [0.3, 0.4) is 0 Å². The molecule has 0 aliphatic heterocycles. The van der Waals surface area contributed by atoms with Gasteiger partial charge in [0.25, 0.3) is 0 Å². The van der Waals surface area contributed by atoms with Gasteiger partial charge in [0.2, 0.25) is 0 Å². The number of rotatable bonds is 7. The molecular formula is C22H36O4. The monoisotopic (exact) mass is 364 g/mol. The molecule has 2 aliphatic rings. The van der Waals surface area contributed by atoms with Crippen molar-refractivity contribution in [2.75, 3.05) is 6.61 Å². The van der Waals surface area contributed by atoms with Gasteiger partial charge in [-0.2, -0.15) is 0 Å². The van der Waals surface area contributed by atoms with E-state index in [9.17, 15) is 14.7 Å². The van der Waals surface area contributed by atoms with Gasteiger partial charge in [-0.3, -0.25) is 9.59 Å². The molecule has 2 saturated carbocycles. The number of carbonyl (C=O) groups is 2. The predicted octanol–water partition coefficient (Wildman–Crippen LogP) is 5.22. The SMILES string of the molecule is C=C1CC[C@H]2[C@@](C)(C(=O)O)CCC[C@]2(C)C1CC[C@H](C)CCOC(C)=O. The van der Waals surface area contributed by atoms with Crippen LogP contribution in [0.4, 0.5) is 0 Å². The molecule has 0 bridgehead atoms. The third-order valence-corrected chi connectivity index (χ3v) is 7.37. The van der Waals surface area contributed by atoms with Gasteiger partial charge in [0.05, 0.1) is 12.0 Å². The smallest absolute Gasteiger partial charge is 0.309 e. The summed E-state index contributed by atoms with van der Waals surface area (Å²) in [4.78, 5) is 22.9. The number of carboxylic acids is 1. The molecule has 0 spiro atoms. The van der Waals surface area contributed by atoms with Gasteiger partial charge in [-0.1, -0.05) is 32.4 Å². The summed E-state index contributed by atoms with van der Waals surface area (Å²) < 4.78 is 5.06. The number of carbonyl (C=O) groups excluding carboxylic acids is 1. The first-order valence-corrected chi connectivity index (χ1v) is 10.2. The van der Waals surface area contributed by atoms with Crippen molar-refractivity contribution in [1.29, 1.82) is 0 Å². The topological polar surface area (TPSA) is 63.6 Å². The summed E-state index contributed by atoms with van der Waals surface area (Å²) in [6, 6.07) is 0. The molecular weight excluding hydrogens is 328 g/mol. The molecule has 1 N–H and O–H groups in total. The molecule has 26 heavy (non-hydrogen) atoms. The molecule has 0 aromatic heterocycles. The summed E-state index contributed by atoms with van der Waals surface area (Å²) in [6.45, 7) is 12.8. The fourth-order valence-electron chi connectivity index (χ4n) is 5.74. The molecule has 4 nitrogen and oxygen atoms in total. The van der Waals surface area contributed by atoms with Crippen LogP contribution in [0.1, 0.15) is 79.1 Å². The lowest BCUT2D eigenvalue weighted by molar-refractivity contribution is -0.164. The van der Waals surface area contributed by atoms with Gasteiger partial charge in [-0.05, 0) is 75.0 Å². The fraction of sp³-hybridized carbons (Fsp3) is 0.818. The highest BCUT2D eigenvalue weighted by Crippen LogP contribution is 2.62. The Balaban J connectivity index is 2.06. The molecule has 4 heteroatoms. The minimum atomic E-state index is -0.630. The lowest BCUT2D eigenvalue weighted by Crippen LogP contribution is -2.53. The van der Waals surface area contributed by atoms with Gasteiger partial charge >= 0.3 is 11.9 Å². The summed E-state index contributed by atoms with van der Waals surface area (Å²) in [6.07, 6.45) is 7.80. The third kappa shape index (κ3) is 4.15. The Kier molecular flexibility index (Phi) is 6.57. The lowest BCUT2D eigenvalue weighted by atomic mass is 9.46. The van der Waals surface area contributed by atoms with Crippen LogP contribution in [0.25, 0.3) is 0 Å². The fourth-order valence-corrected chi connectivity index (χ4v) is 5.74. The van der Waals surface area contributed by atoms with E-state index in [1.54, 1.807) is 0 Å². The molecule has 0 radical (unpaired) electrons. The normalized spacial score (nSPS) is 35.5. The standard InChI is InChI=1S/C22H36O4/c1-15(11-14-26-17(3)23)7-9-18-16(2)8-10-19-21(18,4)12-6-13-22(19,5)20(24)25/h15,18-19H,2,6-14H2,1,3-5H3,(H,24,25)/t15-,18?,19+,21+,22-/m0/s1. The molecule has 2 rings (SSSR count). The number of carboxylic acid groups (broad SMARTS) is 1. The van der Waals surface area contributed by atoms with E-state index in [2.05, 4.69) is 20.4 Å². The van der Waals surface area contributed by atoms with Gasteiger partial charge in [0.15, 0.2) is 0 Å². The van der Waals surface area contributed by atoms with Crippen LogP contribution in [0, 0.1) is 28.6 Å². The molecule has 0 amide bonds. The quantitative estimate of drug-likeness (QED) is 0.497. The van der Waals surface area contributed by atoms with Gasteiger partial charge in [-0.15, -0.1) is 0 Å². The van der Waals surface area contributed by atoms with Crippen LogP contribution in [0.15, 0.2) is 12.2 Å². The van der Waals surface area contributed by atoms with Crippen molar-refractivity contribution in [2.24, 2.45) is 28.6 Å². The average molecular weight is 365 g/mol. The van der Waals surface area contributed by atoms with Crippen LogP contribution in [0.5, 0.6) is 0 Å². The number of aliphatic carboxylic acids is 1. The van der Waals surface area contributed by atoms with Crippen LogP contribution in [-0.4, -0.2) is 23.7 Å². The highest BCUT2D eigenvalue weighted by atomic mass is 16.5. The minimum absolute atomic E-state index is 0.0380. The van der Waals surface area contributed by atoms with Gasteiger partial charge in [-0.25, -0.2) is 0 Å². The number of ether oxygens (including phenoxy) is 1. The molecule has 0 heterocycles. The zero-order valence-corrected chi connectivity index (χ0v) is 17.0. The number of hydrogen-bond donors (Lipinski definition) is 1. The molecule has 0 saturated heterocycles.